The number of hydrogen-bond acceptors (Lipinski definition) is 2. The Labute approximate surface area is 115 Å². The molecule has 0 spiro atoms. The van der Waals surface area contributed by atoms with Crippen LogP contribution in [0.3, 0.4) is 0 Å². The van der Waals surface area contributed by atoms with Crippen molar-refractivity contribution in [3.63, 3.8) is 0 Å². The Balaban J connectivity index is 1.69. The predicted molar refractivity (Wildman–Crippen MR) is 75.6 cm³/mol. The van der Waals surface area contributed by atoms with Crippen molar-refractivity contribution in [2.75, 3.05) is 19.6 Å². The van der Waals surface area contributed by atoms with Gasteiger partial charge in [0.25, 0.3) is 0 Å². The van der Waals surface area contributed by atoms with E-state index in [2.05, 4.69) is 48.3 Å². The Kier molecular flexibility index (Phi) is 3.31. The molecule has 102 valence electrons. The Hall–Kier alpha value is -1.35. The van der Waals surface area contributed by atoms with E-state index in [1.165, 1.54) is 11.1 Å². The zero-order valence-corrected chi connectivity index (χ0v) is 11.7. The minimum Gasteiger partial charge on any atom is -0.356 e. The van der Waals surface area contributed by atoms with Crippen LogP contribution in [0.4, 0.5) is 0 Å². The molecule has 3 rings (SSSR count). The highest BCUT2D eigenvalue weighted by Crippen LogP contribution is 2.33. The summed E-state index contributed by atoms with van der Waals surface area (Å²) in [7, 11) is 0. The maximum absolute atomic E-state index is 11.7. The van der Waals surface area contributed by atoms with Gasteiger partial charge in [-0.15, -0.1) is 0 Å². The molecule has 1 aromatic carbocycles. The van der Waals surface area contributed by atoms with Crippen LogP contribution in [-0.2, 0) is 11.3 Å². The monoisotopic (exact) mass is 258 g/mol. The predicted octanol–water partition coefficient (Wildman–Crippen LogP) is 1.81. The summed E-state index contributed by atoms with van der Waals surface area (Å²) in [5, 5.41) is 3.03. The summed E-state index contributed by atoms with van der Waals surface area (Å²) in [6.45, 7) is 8.30. The highest BCUT2D eigenvalue weighted by atomic mass is 16.1. The number of aryl methyl sites for hydroxylation is 1. The molecule has 1 N–H and O–H groups in total. The molecule has 2 aliphatic heterocycles. The second kappa shape index (κ2) is 4.97. The number of piperidine rings is 1. The van der Waals surface area contributed by atoms with E-state index in [9.17, 15) is 4.79 Å². The van der Waals surface area contributed by atoms with Gasteiger partial charge in [-0.3, -0.25) is 9.69 Å². The first-order valence-electron chi connectivity index (χ1n) is 7.19. The summed E-state index contributed by atoms with van der Waals surface area (Å²) in [6.07, 6.45) is 0. The van der Waals surface area contributed by atoms with Crippen LogP contribution in [0.2, 0.25) is 0 Å². The Morgan fingerprint density at radius 2 is 2.11 bits per heavy atom. The van der Waals surface area contributed by atoms with Gasteiger partial charge in [0.05, 0.1) is 0 Å². The van der Waals surface area contributed by atoms with E-state index in [-0.39, 0.29) is 11.8 Å². The highest BCUT2D eigenvalue weighted by Gasteiger charge is 2.41. The minimum atomic E-state index is 0.167. The van der Waals surface area contributed by atoms with Crippen molar-refractivity contribution in [1.82, 2.24) is 10.2 Å². The Morgan fingerprint density at radius 3 is 2.89 bits per heavy atom. The molecule has 3 nitrogen and oxygen atoms in total. The van der Waals surface area contributed by atoms with Crippen LogP contribution in [-0.4, -0.2) is 30.4 Å². The molecule has 2 fully saturated rings. The summed E-state index contributed by atoms with van der Waals surface area (Å²) >= 11 is 0. The third-order valence-corrected chi connectivity index (χ3v) is 4.82. The van der Waals surface area contributed by atoms with Crippen molar-refractivity contribution in [3.05, 3.63) is 35.4 Å². The first kappa shape index (κ1) is 12.7. The smallest absolute Gasteiger partial charge is 0.223 e. The van der Waals surface area contributed by atoms with Crippen molar-refractivity contribution in [2.24, 2.45) is 17.8 Å². The molecule has 0 unspecified atom stereocenters. The molecule has 3 atom stereocenters. The number of benzene rings is 1. The molecule has 19 heavy (non-hydrogen) atoms. The van der Waals surface area contributed by atoms with Crippen molar-refractivity contribution in [2.45, 2.75) is 20.4 Å². The molecule has 0 aliphatic carbocycles. The average Bonchev–Trinajstić information content (AvgIpc) is 2.80. The summed E-state index contributed by atoms with van der Waals surface area (Å²) in [6, 6.07) is 8.59. The van der Waals surface area contributed by atoms with Crippen LogP contribution in [0.25, 0.3) is 0 Å². The summed E-state index contributed by atoms with van der Waals surface area (Å²) in [4.78, 5) is 14.2. The van der Waals surface area contributed by atoms with Gasteiger partial charge < -0.3 is 5.32 Å². The number of amides is 1. The third kappa shape index (κ3) is 2.39. The number of nitrogens with one attached hydrogen (secondary N) is 1. The van der Waals surface area contributed by atoms with Gasteiger partial charge in [0.2, 0.25) is 5.91 Å². The number of rotatable bonds is 2. The lowest BCUT2D eigenvalue weighted by molar-refractivity contribution is -0.128. The average molecular weight is 258 g/mol. The van der Waals surface area contributed by atoms with Crippen molar-refractivity contribution < 1.29 is 4.79 Å². The zero-order chi connectivity index (χ0) is 13.4. The summed E-state index contributed by atoms with van der Waals surface area (Å²) < 4.78 is 0. The van der Waals surface area contributed by atoms with Gasteiger partial charge in [0.1, 0.15) is 0 Å². The van der Waals surface area contributed by atoms with E-state index in [0.29, 0.717) is 11.8 Å². The van der Waals surface area contributed by atoms with Gasteiger partial charge in [-0.1, -0.05) is 31.2 Å². The van der Waals surface area contributed by atoms with Crippen molar-refractivity contribution in [1.29, 1.82) is 0 Å². The van der Waals surface area contributed by atoms with E-state index < -0.39 is 0 Å². The zero-order valence-electron chi connectivity index (χ0n) is 11.7. The quantitative estimate of drug-likeness (QED) is 0.877. The summed E-state index contributed by atoms with van der Waals surface area (Å²) in [5.41, 5.74) is 2.77. The van der Waals surface area contributed by atoms with Crippen LogP contribution in [0.5, 0.6) is 0 Å². The molecule has 2 aliphatic rings. The van der Waals surface area contributed by atoms with E-state index in [1.54, 1.807) is 0 Å². The molecular formula is C16H22N2O. The number of carbonyl (C=O) groups is 1. The standard InChI is InChI=1S/C16H22N2O/c1-11-5-3-4-6-13(11)8-18-9-14-7-17-16(19)12(2)15(14)10-18/h3-6,12,14-15H,7-10H2,1-2H3,(H,17,19)/t12-,14-,15-/m0/s1. The molecular weight excluding hydrogens is 236 g/mol. The lowest BCUT2D eigenvalue weighted by atomic mass is 9.81. The molecule has 0 saturated carbocycles. The Bertz CT molecular complexity index is 485. The number of nitrogens with zero attached hydrogens (tertiary/aromatic N) is 1. The molecule has 1 amide bonds. The molecule has 1 aromatic rings. The van der Waals surface area contributed by atoms with Gasteiger partial charge in [-0.25, -0.2) is 0 Å². The highest BCUT2D eigenvalue weighted by molar-refractivity contribution is 5.79. The van der Waals surface area contributed by atoms with Crippen LogP contribution in [0.15, 0.2) is 24.3 Å². The Morgan fingerprint density at radius 1 is 1.32 bits per heavy atom. The fourth-order valence-electron chi connectivity index (χ4n) is 3.52. The number of fused-ring (bicyclic) bond motifs is 1. The molecule has 2 saturated heterocycles. The van der Waals surface area contributed by atoms with E-state index in [0.717, 1.165) is 26.2 Å². The normalized spacial score (nSPS) is 31.1. The summed E-state index contributed by atoms with van der Waals surface area (Å²) in [5.74, 6) is 1.58. The minimum absolute atomic E-state index is 0.167. The van der Waals surface area contributed by atoms with Gasteiger partial charge in [0.15, 0.2) is 0 Å². The topological polar surface area (TPSA) is 32.3 Å². The van der Waals surface area contributed by atoms with Crippen LogP contribution in [0.1, 0.15) is 18.1 Å². The molecule has 0 radical (unpaired) electrons. The number of carbonyl (C=O) groups excluding carboxylic acids is 1. The van der Waals surface area contributed by atoms with Crippen molar-refractivity contribution in [3.8, 4) is 0 Å². The molecule has 3 heteroatoms. The largest absolute Gasteiger partial charge is 0.356 e. The molecule has 2 heterocycles. The van der Waals surface area contributed by atoms with E-state index in [1.807, 2.05) is 0 Å². The van der Waals surface area contributed by atoms with E-state index in [4.69, 9.17) is 0 Å². The van der Waals surface area contributed by atoms with Gasteiger partial charge in [-0.2, -0.15) is 0 Å². The van der Waals surface area contributed by atoms with Crippen LogP contribution >= 0.6 is 0 Å². The maximum Gasteiger partial charge on any atom is 0.223 e. The van der Waals surface area contributed by atoms with Crippen LogP contribution in [0, 0.1) is 24.7 Å². The first-order chi connectivity index (χ1) is 9.15. The molecule has 0 bridgehead atoms. The third-order valence-electron chi connectivity index (χ3n) is 4.82. The van der Waals surface area contributed by atoms with Crippen LogP contribution < -0.4 is 5.32 Å². The second-order valence-corrected chi connectivity index (χ2v) is 6.08. The maximum atomic E-state index is 11.7. The number of hydrogen-bond donors (Lipinski definition) is 1. The van der Waals surface area contributed by atoms with Gasteiger partial charge in [0, 0.05) is 32.1 Å². The first-order valence-corrected chi connectivity index (χ1v) is 7.19. The lowest BCUT2D eigenvalue weighted by Gasteiger charge is -2.30. The fourth-order valence-corrected chi connectivity index (χ4v) is 3.52. The SMILES string of the molecule is Cc1ccccc1CN1C[C@@H]2CNC(=O)[C@@H](C)[C@@H]2C1. The van der Waals surface area contributed by atoms with Gasteiger partial charge in [-0.05, 0) is 29.9 Å². The lowest BCUT2D eigenvalue weighted by Crippen LogP contribution is -2.46. The van der Waals surface area contributed by atoms with E-state index >= 15 is 0 Å². The van der Waals surface area contributed by atoms with Gasteiger partial charge >= 0.3 is 0 Å². The number of likely N-dealkylation sites (tertiary alicyclic amines) is 1. The van der Waals surface area contributed by atoms with Crippen molar-refractivity contribution >= 4 is 5.91 Å². The molecule has 0 aromatic heterocycles. The fraction of sp³-hybridized carbons (Fsp3) is 0.562. The second-order valence-electron chi connectivity index (χ2n) is 6.08.